The Morgan fingerprint density at radius 2 is 2.29 bits per heavy atom. The quantitative estimate of drug-likeness (QED) is 0.874. The molecule has 0 fully saturated rings. The molecule has 0 saturated heterocycles. The van der Waals surface area contributed by atoms with E-state index in [2.05, 4.69) is 15.3 Å². The molecule has 0 saturated carbocycles. The zero-order valence-corrected chi connectivity index (χ0v) is 9.98. The maximum atomic E-state index is 9.83. The highest BCUT2D eigenvalue weighted by molar-refractivity contribution is 6.29. The van der Waals surface area contributed by atoms with Gasteiger partial charge in [0.05, 0.1) is 12.4 Å². The third kappa shape index (κ3) is 3.18. The minimum atomic E-state index is -0.732. The fourth-order valence-electron chi connectivity index (χ4n) is 1.36. The molecule has 2 rings (SSSR count). The Kier molecular flexibility index (Phi) is 3.61. The highest BCUT2D eigenvalue weighted by atomic mass is 35.5. The molecule has 0 bridgehead atoms. The summed E-state index contributed by atoms with van der Waals surface area (Å²) in [6.45, 7) is 2.11. The van der Waals surface area contributed by atoms with Gasteiger partial charge in [-0.3, -0.25) is 4.98 Å². The van der Waals surface area contributed by atoms with Gasteiger partial charge >= 0.3 is 0 Å². The summed E-state index contributed by atoms with van der Waals surface area (Å²) in [7, 11) is 0. The minimum absolute atomic E-state index is 0.280. The van der Waals surface area contributed by atoms with Gasteiger partial charge in [0.25, 0.3) is 0 Å². The van der Waals surface area contributed by atoms with Gasteiger partial charge in [-0.25, -0.2) is 4.98 Å². The Hall–Kier alpha value is -1.59. The van der Waals surface area contributed by atoms with E-state index >= 15 is 0 Å². The van der Waals surface area contributed by atoms with Crippen LogP contribution in [0.25, 0.3) is 0 Å². The van der Waals surface area contributed by atoms with Crippen molar-refractivity contribution in [3.63, 3.8) is 0 Å². The monoisotopic (exact) mass is 253 g/mol. The molecular formula is C11H12ClN3O2. The molecule has 0 radical (unpaired) electrons. The number of aryl methyl sites for hydroxylation is 1. The molecule has 0 aliphatic carbocycles. The van der Waals surface area contributed by atoms with Crippen LogP contribution in [-0.4, -0.2) is 21.6 Å². The van der Waals surface area contributed by atoms with E-state index in [1.165, 1.54) is 12.4 Å². The van der Waals surface area contributed by atoms with E-state index in [4.69, 9.17) is 16.0 Å². The number of aromatic nitrogens is 2. The van der Waals surface area contributed by atoms with Gasteiger partial charge in [0.15, 0.2) is 0 Å². The van der Waals surface area contributed by atoms with Crippen LogP contribution in [0.2, 0.25) is 5.15 Å². The molecule has 0 spiro atoms. The molecule has 2 aromatic heterocycles. The van der Waals surface area contributed by atoms with Crippen molar-refractivity contribution in [3.8, 4) is 0 Å². The largest absolute Gasteiger partial charge is 0.464 e. The number of anilines is 1. The summed E-state index contributed by atoms with van der Waals surface area (Å²) in [5.41, 5.74) is 0. The average molecular weight is 254 g/mol. The second kappa shape index (κ2) is 5.16. The van der Waals surface area contributed by atoms with Gasteiger partial charge < -0.3 is 14.8 Å². The van der Waals surface area contributed by atoms with Crippen LogP contribution >= 0.6 is 11.6 Å². The lowest BCUT2D eigenvalue weighted by Crippen LogP contribution is -2.12. The first-order valence-corrected chi connectivity index (χ1v) is 5.49. The Labute approximate surface area is 103 Å². The zero-order chi connectivity index (χ0) is 12.3. The van der Waals surface area contributed by atoms with Crippen molar-refractivity contribution in [1.82, 2.24) is 9.97 Å². The van der Waals surface area contributed by atoms with E-state index < -0.39 is 6.10 Å². The molecular weight excluding hydrogens is 242 g/mol. The van der Waals surface area contributed by atoms with E-state index in [1.807, 2.05) is 6.92 Å². The Morgan fingerprint density at radius 3 is 2.94 bits per heavy atom. The normalized spacial score (nSPS) is 12.4. The molecule has 1 atom stereocenters. The molecule has 0 amide bonds. The van der Waals surface area contributed by atoms with E-state index in [0.717, 1.165) is 5.76 Å². The number of halogens is 1. The van der Waals surface area contributed by atoms with Crippen LogP contribution in [-0.2, 0) is 0 Å². The Morgan fingerprint density at radius 1 is 1.47 bits per heavy atom. The van der Waals surface area contributed by atoms with Crippen LogP contribution in [0.4, 0.5) is 5.82 Å². The number of rotatable bonds is 4. The lowest BCUT2D eigenvalue weighted by atomic mass is 10.3. The summed E-state index contributed by atoms with van der Waals surface area (Å²) in [6.07, 6.45) is 2.25. The standard InChI is InChI=1S/C11H12ClN3O2/c1-7-2-3-9(17-7)8(16)4-14-11-6-13-5-10(12)15-11/h2-3,5-6,8,16H,4H2,1H3,(H,14,15). The van der Waals surface area contributed by atoms with Crippen molar-refractivity contribution in [1.29, 1.82) is 0 Å². The van der Waals surface area contributed by atoms with Crippen LogP contribution in [0, 0.1) is 6.92 Å². The summed E-state index contributed by atoms with van der Waals surface area (Å²) in [5, 5.41) is 13.1. The molecule has 2 heterocycles. The van der Waals surface area contributed by atoms with Gasteiger partial charge in [-0.2, -0.15) is 0 Å². The first-order valence-electron chi connectivity index (χ1n) is 5.11. The fourth-order valence-corrected chi connectivity index (χ4v) is 1.51. The van der Waals surface area contributed by atoms with Crippen molar-refractivity contribution in [2.75, 3.05) is 11.9 Å². The predicted octanol–water partition coefficient (Wildman–Crippen LogP) is 2.18. The summed E-state index contributed by atoms with van der Waals surface area (Å²) < 4.78 is 5.31. The number of nitrogens with one attached hydrogen (secondary N) is 1. The van der Waals surface area contributed by atoms with Crippen LogP contribution in [0.5, 0.6) is 0 Å². The number of aliphatic hydroxyl groups is 1. The molecule has 2 N–H and O–H groups in total. The van der Waals surface area contributed by atoms with Gasteiger partial charge in [-0.05, 0) is 19.1 Å². The van der Waals surface area contributed by atoms with Gasteiger partial charge in [0.1, 0.15) is 28.6 Å². The molecule has 5 nitrogen and oxygen atoms in total. The highest BCUT2D eigenvalue weighted by Gasteiger charge is 2.11. The van der Waals surface area contributed by atoms with Crippen LogP contribution in [0.15, 0.2) is 28.9 Å². The van der Waals surface area contributed by atoms with Crippen LogP contribution in [0.3, 0.4) is 0 Å². The first-order chi connectivity index (χ1) is 8.15. The molecule has 0 aromatic carbocycles. The third-order valence-electron chi connectivity index (χ3n) is 2.17. The smallest absolute Gasteiger partial charge is 0.149 e. The third-order valence-corrected chi connectivity index (χ3v) is 2.35. The molecule has 90 valence electrons. The van der Waals surface area contributed by atoms with E-state index in [1.54, 1.807) is 12.1 Å². The van der Waals surface area contributed by atoms with E-state index in [-0.39, 0.29) is 6.54 Å². The van der Waals surface area contributed by atoms with Gasteiger partial charge in [-0.15, -0.1) is 0 Å². The zero-order valence-electron chi connectivity index (χ0n) is 9.22. The highest BCUT2D eigenvalue weighted by Crippen LogP contribution is 2.16. The molecule has 0 aliphatic heterocycles. The Bertz CT molecular complexity index is 501. The average Bonchev–Trinajstić information content (AvgIpc) is 2.73. The number of aliphatic hydroxyl groups excluding tert-OH is 1. The summed E-state index contributed by atoms with van der Waals surface area (Å²) in [5.74, 6) is 1.80. The van der Waals surface area contributed by atoms with Gasteiger partial charge in [0, 0.05) is 6.54 Å². The van der Waals surface area contributed by atoms with E-state index in [0.29, 0.717) is 16.7 Å². The Balaban J connectivity index is 1.94. The summed E-state index contributed by atoms with van der Waals surface area (Å²) in [6, 6.07) is 3.54. The van der Waals surface area contributed by atoms with Crippen LogP contribution in [0.1, 0.15) is 17.6 Å². The van der Waals surface area contributed by atoms with Crippen molar-refractivity contribution in [3.05, 3.63) is 41.2 Å². The molecule has 6 heteroatoms. The SMILES string of the molecule is Cc1ccc(C(O)CNc2cncc(Cl)n2)o1. The number of nitrogens with zero attached hydrogens (tertiary/aromatic N) is 2. The number of hydrogen-bond acceptors (Lipinski definition) is 5. The van der Waals surface area contributed by atoms with Crippen molar-refractivity contribution < 1.29 is 9.52 Å². The first kappa shape index (κ1) is 11.9. The van der Waals surface area contributed by atoms with Crippen molar-refractivity contribution in [2.24, 2.45) is 0 Å². The topological polar surface area (TPSA) is 71.2 Å². The number of hydrogen-bond donors (Lipinski definition) is 2. The minimum Gasteiger partial charge on any atom is -0.464 e. The lowest BCUT2D eigenvalue weighted by molar-refractivity contribution is 0.161. The van der Waals surface area contributed by atoms with Gasteiger partial charge in [0.2, 0.25) is 0 Å². The van der Waals surface area contributed by atoms with E-state index in [9.17, 15) is 5.11 Å². The van der Waals surface area contributed by atoms with Crippen molar-refractivity contribution in [2.45, 2.75) is 13.0 Å². The molecule has 0 aliphatic rings. The fraction of sp³-hybridized carbons (Fsp3) is 0.273. The van der Waals surface area contributed by atoms with Gasteiger partial charge in [-0.1, -0.05) is 11.6 Å². The lowest BCUT2D eigenvalue weighted by Gasteiger charge is -2.09. The second-order valence-corrected chi connectivity index (χ2v) is 3.96. The summed E-state index contributed by atoms with van der Waals surface area (Å²) >= 11 is 5.69. The molecule has 1 unspecified atom stereocenters. The van der Waals surface area contributed by atoms with Crippen molar-refractivity contribution >= 4 is 17.4 Å². The molecule has 2 aromatic rings. The second-order valence-electron chi connectivity index (χ2n) is 3.57. The predicted molar refractivity (Wildman–Crippen MR) is 63.9 cm³/mol. The molecule has 17 heavy (non-hydrogen) atoms. The maximum Gasteiger partial charge on any atom is 0.149 e. The number of furan rings is 1. The maximum absolute atomic E-state index is 9.83. The summed E-state index contributed by atoms with van der Waals surface area (Å²) in [4.78, 5) is 7.87. The van der Waals surface area contributed by atoms with Crippen LogP contribution < -0.4 is 5.32 Å².